The summed E-state index contributed by atoms with van der Waals surface area (Å²) in [7, 11) is 0. The summed E-state index contributed by atoms with van der Waals surface area (Å²) in [4.78, 5) is 10.7. The summed E-state index contributed by atoms with van der Waals surface area (Å²) < 4.78 is 12.1. The van der Waals surface area contributed by atoms with Crippen molar-refractivity contribution in [2.45, 2.75) is 77.9 Å². The van der Waals surface area contributed by atoms with Crippen molar-refractivity contribution in [1.82, 2.24) is 0 Å². The van der Waals surface area contributed by atoms with Crippen LogP contribution in [0.4, 0.5) is 0 Å². The fourth-order valence-corrected chi connectivity index (χ4v) is 2.40. The number of benzene rings is 1. The molecular weight excluding hydrogens is 304 g/mol. The van der Waals surface area contributed by atoms with Crippen molar-refractivity contribution in [2.24, 2.45) is 0 Å². The fraction of sp³-hybridized carbons (Fsp3) is 0.650. The van der Waals surface area contributed by atoms with Gasteiger partial charge in [-0.3, -0.25) is 4.79 Å². The monoisotopic (exact) mass is 336 g/mol. The molecule has 0 heterocycles. The summed E-state index contributed by atoms with van der Waals surface area (Å²) in [6.45, 7) is 10.7. The Morgan fingerprint density at radius 2 is 1.71 bits per heavy atom. The Labute approximate surface area is 146 Å². The van der Waals surface area contributed by atoms with Gasteiger partial charge in [0.2, 0.25) is 0 Å². The second kappa shape index (κ2) is 9.07. The van der Waals surface area contributed by atoms with Gasteiger partial charge in [0.15, 0.2) is 0 Å². The molecule has 1 N–H and O–H groups in total. The van der Waals surface area contributed by atoms with Crippen LogP contribution < -0.4 is 4.74 Å². The van der Waals surface area contributed by atoms with Gasteiger partial charge in [-0.25, -0.2) is 0 Å². The molecule has 1 rings (SSSR count). The van der Waals surface area contributed by atoms with E-state index in [2.05, 4.69) is 32.9 Å². The van der Waals surface area contributed by atoms with Gasteiger partial charge < -0.3 is 14.6 Å². The third kappa shape index (κ3) is 7.35. The molecule has 0 aliphatic heterocycles. The topological polar surface area (TPSA) is 55.8 Å². The molecule has 0 radical (unpaired) electrons. The first kappa shape index (κ1) is 20.5. The lowest BCUT2D eigenvalue weighted by Crippen LogP contribution is -2.35. The molecule has 24 heavy (non-hydrogen) atoms. The van der Waals surface area contributed by atoms with Crippen molar-refractivity contribution in [3.63, 3.8) is 0 Å². The maximum atomic E-state index is 10.7. The Kier molecular flexibility index (Phi) is 7.74. The summed E-state index contributed by atoms with van der Waals surface area (Å²) in [5, 5.41) is 8.80. The summed E-state index contributed by atoms with van der Waals surface area (Å²) in [5.41, 5.74) is 0.566. The van der Waals surface area contributed by atoms with Crippen molar-refractivity contribution in [3.05, 3.63) is 29.8 Å². The molecule has 0 aliphatic rings. The van der Waals surface area contributed by atoms with Gasteiger partial charge in [-0.2, -0.15) is 0 Å². The lowest BCUT2D eigenvalue weighted by Gasteiger charge is -2.32. The molecule has 0 aromatic heterocycles. The number of carboxylic acid groups (broad SMARTS) is 1. The first-order chi connectivity index (χ1) is 11.2. The van der Waals surface area contributed by atoms with Gasteiger partial charge in [0.25, 0.3) is 0 Å². The highest BCUT2D eigenvalue weighted by Gasteiger charge is 2.26. The summed E-state index contributed by atoms with van der Waals surface area (Å²) in [6, 6.07) is 8.22. The van der Waals surface area contributed by atoms with E-state index in [1.54, 1.807) is 0 Å². The zero-order valence-electron chi connectivity index (χ0n) is 15.7. The number of hydrogen-bond donors (Lipinski definition) is 1. The predicted molar refractivity (Wildman–Crippen MR) is 96.7 cm³/mol. The van der Waals surface area contributed by atoms with Crippen molar-refractivity contribution in [2.75, 3.05) is 6.61 Å². The SMILES string of the molecule is CCc1ccc(OC(C)(CC)CCOC(C)(C)CCC(=O)O)cc1. The van der Waals surface area contributed by atoms with E-state index in [0.29, 0.717) is 13.0 Å². The number of rotatable bonds is 11. The molecule has 1 aromatic carbocycles. The third-order valence-electron chi connectivity index (χ3n) is 4.51. The number of aryl methyl sites for hydroxylation is 1. The number of ether oxygens (including phenoxy) is 2. The van der Waals surface area contributed by atoms with Gasteiger partial charge in [0, 0.05) is 12.8 Å². The van der Waals surface area contributed by atoms with E-state index in [9.17, 15) is 4.79 Å². The van der Waals surface area contributed by atoms with E-state index in [1.165, 1.54) is 5.56 Å². The molecule has 1 atom stereocenters. The molecule has 0 bridgehead atoms. The van der Waals surface area contributed by atoms with Crippen LogP contribution in [0.1, 0.15) is 65.9 Å². The van der Waals surface area contributed by atoms with Crippen LogP contribution >= 0.6 is 0 Å². The van der Waals surface area contributed by atoms with Crippen LogP contribution in [-0.2, 0) is 16.0 Å². The van der Waals surface area contributed by atoms with Crippen LogP contribution in [-0.4, -0.2) is 28.9 Å². The van der Waals surface area contributed by atoms with Crippen LogP contribution in [0.3, 0.4) is 0 Å². The summed E-state index contributed by atoms with van der Waals surface area (Å²) >= 11 is 0. The average molecular weight is 336 g/mol. The smallest absolute Gasteiger partial charge is 0.303 e. The van der Waals surface area contributed by atoms with E-state index in [-0.39, 0.29) is 12.0 Å². The highest BCUT2D eigenvalue weighted by Crippen LogP contribution is 2.26. The van der Waals surface area contributed by atoms with Crippen molar-refractivity contribution in [1.29, 1.82) is 0 Å². The van der Waals surface area contributed by atoms with Gasteiger partial charge in [-0.05, 0) is 57.7 Å². The molecule has 0 fully saturated rings. The van der Waals surface area contributed by atoms with Gasteiger partial charge in [-0.15, -0.1) is 0 Å². The van der Waals surface area contributed by atoms with Gasteiger partial charge in [0.05, 0.1) is 12.2 Å². The molecule has 136 valence electrons. The predicted octanol–water partition coefficient (Wildman–Crippen LogP) is 4.85. The van der Waals surface area contributed by atoms with Crippen LogP contribution in [0.5, 0.6) is 5.75 Å². The first-order valence-corrected chi connectivity index (χ1v) is 8.83. The molecule has 0 aliphatic carbocycles. The highest BCUT2D eigenvalue weighted by molar-refractivity contribution is 5.66. The van der Waals surface area contributed by atoms with Crippen LogP contribution in [0.25, 0.3) is 0 Å². The van der Waals surface area contributed by atoms with E-state index in [0.717, 1.165) is 25.0 Å². The molecule has 0 amide bonds. The molecular formula is C20H32O4. The lowest BCUT2D eigenvalue weighted by molar-refractivity contribution is -0.139. The van der Waals surface area contributed by atoms with E-state index < -0.39 is 11.6 Å². The number of aliphatic carboxylic acids is 1. The lowest BCUT2D eigenvalue weighted by atomic mass is 9.98. The Hall–Kier alpha value is -1.55. The van der Waals surface area contributed by atoms with Crippen molar-refractivity contribution >= 4 is 5.97 Å². The zero-order chi connectivity index (χ0) is 18.2. The highest BCUT2D eigenvalue weighted by atomic mass is 16.5. The van der Waals surface area contributed by atoms with Crippen molar-refractivity contribution < 1.29 is 19.4 Å². The number of hydrogen-bond acceptors (Lipinski definition) is 3. The van der Waals surface area contributed by atoms with Gasteiger partial charge >= 0.3 is 5.97 Å². The molecule has 1 aromatic rings. The summed E-state index contributed by atoms with van der Waals surface area (Å²) in [5.74, 6) is 0.0885. The maximum absolute atomic E-state index is 10.7. The molecule has 0 spiro atoms. The normalized spacial score (nSPS) is 14.2. The minimum atomic E-state index is -0.788. The van der Waals surface area contributed by atoms with E-state index >= 15 is 0 Å². The minimum absolute atomic E-state index is 0.123. The number of carboxylic acids is 1. The Morgan fingerprint density at radius 1 is 1.08 bits per heavy atom. The minimum Gasteiger partial charge on any atom is -0.488 e. The average Bonchev–Trinajstić information content (AvgIpc) is 2.53. The maximum Gasteiger partial charge on any atom is 0.303 e. The van der Waals surface area contributed by atoms with Crippen LogP contribution in [0, 0.1) is 0 Å². The Bertz CT molecular complexity index is 507. The molecule has 4 nitrogen and oxygen atoms in total. The molecule has 1 unspecified atom stereocenters. The quantitative estimate of drug-likeness (QED) is 0.628. The van der Waals surface area contributed by atoms with Crippen LogP contribution in [0.15, 0.2) is 24.3 Å². The number of carbonyl (C=O) groups is 1. The largest absolute Gasteiger partial charge is 0.488 e. The first-order valence-electron chi connectivity index (χ1n) is 8.83. The summed E-state index contributed by atoms with van der Waals surface area (Å²) in [6.07, 6.45) is 3.28. The second-order valence-electron chi connectivity index (χ2n) is 7.15. The third-order valence-corrected chi connectivity index (χ3v) is 4.51. The Morgan fingerprint density at radius 3 is 2.21 bits per heavy atom. The zero-order valence-corrected chi connectivity index (χ0v) is 15.7. The molecule has 0 saturated carbocycles. The Balaban J connectivity index is 2.53. The van der Waals surface area contributed by atoms with Crippen LogP contribution in [0.2, 0.25) is 0 Å². The molecule has 0 saturated heterocycles. The second-order valence-corrected chi connectivity index (χ2v) is 7.15. The fourth-order valence-electron chi connectivity index (χ4n) is 2.40. The van der Waals surface area contributed by atoms with Gasteiger partial charge in [0.1, 0.15) is 11.4 Å². The van der Waals surface area contributed by atoms with Crippen molar-refractivity contribution in [3.8, 4) is 5.75 Å². The van der Waals surface area contributed by atoms with Gasteiger partial charge in [-0.1, -0.05) is 26.0 Å². The molecule has 4 heteroatoms. The standard InChI is InChI=1S/C20H32O4/c1-6-16-8-10-17(11-9-16)24-20(5,7-2)14-15-23-19(3,4)13-12-18(21)22/h8-11H,6-7,12-15H2,1-5H3,(H,21,22). The van der Waals surface area contributed by atoms with E-state index in [4.69, 9.17) is 14.6 Å². The van der Waals surface area contributed by atoms with E-state index in [1.807, 2.05) is 26.0 Å².